The smallest absolute Gasteiger partial charge is 0.252 e. The molecule has 0 spiro atoms. The molecule has 0 saturated heterocycles. The van der Waals surface area contributed by atoms with Gasteiger partial charge in [0.25, 0.3) is 5.24 Å². The summed E-state index contributed by atoms with van der Waals surface area (Å²) in [6, 6.07) is 6.77. The molecule has 0 aromatic heterocycles. The molecule has 1 rings (SSSR count). The number of nitriles is 1. The van der Waals surface area contributed by atoms with Crippen molar-refractivity contribution in [3.05, 3.63) is 34.9 Å². The molecule has 0 fully saturated rings. The van der Waals surface area contributed by atoms with Gasteiger partial charge in [-0.25, -0.2) is 0 Å². The highest BCUT2D eigenvalue weighted by atomic mass is 79.9. The molecular formula is C9H5BrClNO. The second kappa shape index (κ2) is 4.40. The van der Waals surface area contributed by atoms with Crippen molar-refractivity contribution >= 4 is 32.8 Å². The van der Waals surface area contributed by atoms with Crippen LogP contribution in [0.25, 0.3) is 0 Å². The van der Waals surface area contributed by atoms with Gasteiger partial charge >= 0.3 is 0 Å². The monoisotopic (exact) mass is 257 g/mol. The SMILES string of the molecule is N#Cc1ccc(C(=O)Cl)cc1CBr. The van der Waals surface area contributed by atoms with Gasteiger partial charge in [-0.2, -0.15) is 5.26 Å². The third-order valence-electron chi connectivity index (χ3n) is 1.60. The lowest BCUT2D eigenvalue weighted by atomic mass is 10.1. The van der Waals surface area contributed by atoms with Gasteiger partial charge in [0, 0.05) is 10.9 Å². The van der Waals surface area contributed by atoms with Crippen LogP contribution in [0.1, 0.15) is 21.5 Å². The lowest BCUT2D eigenvalue weighted by Crippen LogP contribution is -1.93. The number of nitrogens with zero attached hydrogens (tertiary/aromatic N) is 1. The number of alkyl halides is 1. The summed E-state index contributed by atoms with van der Waals surface area (Å²) in [6.07, 6.45) is 0. The van der Waals surface area contributed by atoms with E-state index in [4.69, 9.17) is 16.9 Å². The van der Waals surface area contributed by atoms with Gasteiger partial charge in [0.2, 0.25) is 0 Å². The van der Waals surface area contributed by atoms with Gasteiger partial charge in [-0.05, 0) is 35.4 Å². The Labute approximate surface area is 89.3 Å². The quantitative estimate of drug-likeness (QED) is 0.604. The molecule has 1 aromatic rings. The minimum atomic E-state index is -0.508. The van der Waals surface area contributed by atoms with Crippen molar-refractivity contribution in [2.75, 3.05) is 0 Å². The van der Waals surface area contributed by atoms with Crippen LogP contribution in [0.2, 0.25) is 0 Å². The van der Waals surface area contributed by atoms with Crippen molar-refractivity contribution in [2.45, 2.75) is 5.33 Å². The molecule has 0 heterocycles. The zero-order valence-electron chi connectivity index (χ0n) is 6.55. The second-order valence-corrected chi connectivity index (χ2v) is 3.30. The summed E-state index contributed by atoms with van der Waals surface area (Å²) in [4.78, 5) is 10.8. The highest BCUT2D eigenvalue weighted by Gasteiger charge is 2.06. The third kappa shape index (κ3) is 2.30. The molecule has 0 radical (unpaired) electrons. The lowest BCUT2D eigenvalue weighted by Gasteiger charge is -2.00. The summed E-state index contributed by atoms with van der Waals surface area (Å²) in [5.74, 6) is 0. The molecule has 0 saturated carbocycles. The fraction of sp³-hybridized carbons (Fsp3) is 0.111. The molecule has 66 valence electrons. The van der Waals surface area contributed by atoms with Crippen LogP contribution < -0.4 is 0 Å². The van der Waals surface area contributed by atoms with Crippen LogP contribution in [0.4, 0.5) is 0 Å². The number of halogens is 2. The van der Waals surface area contributed by atoms with Crippen LogP contribution in [0, 0.1) is 11.3 Å². The normalized spacial score (nSPS) is 9.31. The summed E-state index contributed by atoms with van der Waals surface area (Å²) in [5, 5.41) is 8.72. The van der Waals surface area contributed by atoms with Gasteiger partial charge in [0.05, 0.1) is 11.6 Å². The van der Waals surface area contributed by atoms with E-state index in [1.54, 1.807) is 18.2 Å². The highest BCUT2D eigenvalue weighted by Crippen LogP contribution is 2.15. The first-order valence-corrected chi connectivity index (χ1v) is 4.97. The molecule has 0 unspecified atom stereocenters. The van der Waals surface area contributed by atoms with Gasteiger partial charge in [-0.1, -0.05) is 15.9 Å². The van der Waals surface area contributed by atoms with Crippen molar-refractivity contribution in [1.82, 2.24) is 0 Å². The zero-order valence-corrected chi connectivity index (χ0v) is 8.89. The third-order valence-corrected chi connectivity index (χ3v) is 2.42. The van der Waals surface area contributed by atoms with Gasteiger partial charge in [-0.15, -0.1) is 0 Å². The Kier molecular flexibility index (Phi) is 3.47. The average Bonchev–Trinajstić information content (AvgIpc) is 2.16. The topological polar surface area (TPSA) is 40.9 Å². The molecule has 4 heteroatoms. The maximum Gasteiger partial charge on any atom is 0.252 e. The van der Waals surface area contributed by atoms with Crippen LogP contribution >= 0.6 is 27.5 Å². The maximum absolute atomic E-state index is 10.8. The van der Waals surface area contributed by atoms with Crippen LogP contribution in [0.5, 0.6) is 0 Å². The second-order valence-electron chi connectivity index (χ2n) is 2.39. The van der Waals surface area contributed by atoms with Crippen molar-refractivity contribution < 1.29 is 4.79 Å². The number of carbonyl (C=O) groups is 1. The number of benzene rings is 1. The van der Waals surface area contributed by atoms with Gasteiger partial charge < -0.3 is 0 Å². The highest BCUT2D eigenvalue weighted by molar-refractivity contribution is 9.08. The molecule has 0 aliphatic rings. The van der Waals surface area contributed by atoms with Gasteiger partial charge in [0.15, 0.2) is 0 Å². The minimum Gasteiger partial charge on any atom is -0.276 e. The maximum atomic E-state index is 10.8. The van der Waals surface area contributed by atoms with Gasteiger partial charge in [0.1, 0.15) is 0 Å². The number of hydrogen-bond acceptors (Lipinski definition) is 2. The van der Waals surface area contributed by atoms with Crippen LogP contribution in [-0.2, 0) is 5.33 Å². The fourth-order valence-electron chi connectivity index (χ4n) is 0.936. The Bertz CT molecular complexity index is 384. The Morgan fingerprint density at radius 3 is 2.77 bits per heavy atom. The molecule has 0 bridgehead atoms. The summed E-state index contributed by atoms with van der Waals surface area (Å²) < 4.78 is 0. The fourth-order valence-corrected chi connectivity index (χ4v) is 1.52. The van der Waals surface area contributed by atoms with E-state index in [2.05, 4.69) is 15.9 Å². The van der Waals surface area contributed by atoms with E-state index in [9.17, 15) is 4.79 Å². The van der Waals surface area contributed by atoms with Crippen LogP contribution in [0.3, 0.4) is 0 Å². The van der Waals surface area contributed by atoms with E-state index >= 15 is 0 Å². The predicted molar refractivity (Wildman–Crippen MR) is 54.0 cm³/mol. The Balaban J connectivity index is 3.23. The molecule has 0 amide bonds. The summed E-state index contributed by atoms with van der Waals surface area (Å²) >= 11 is 8.52. The van der Waals surface area contributed by atoms with Crippen molar-refractivity contribution in [3.8, 4) is 6.07 Å². The first kappa shape index (κ1) is 10.2. The Morgan fingerprint density at radius 1 is 1.62 bits per heavy atom. The van der Waals surface area contributed by atoms with Crippen LogP contribution in [-0.4, -0.2) is 5.24 Å². The van der Waals surface area contributed by atoms with E-state index in [0.717, 1.165) is 5.56 Å². The summed E-state index contributed by atoms with van der Waals surface area (Å²) in [7, 11) is 0. The zero-order chi connectivity index (χ0) is 9.84. The van der Waals surface area contributed by atoms with E-state index in [-0.39, 0.29) is 0 Å². The first-order valence-electron chi connectivity index (χ1n) is 3.48. The van der Waals surface area contributed by atoms with Crippen LogP contribution in [0.15, 0.2) is 18.2 Å². The van der Waals surface area contributed by atoms with E-state index in [0.29, 0.717) is 16.5 Å². The summed E-state index contributed by atoms with van der Waals surface area (Å²) in [6.45, 7) is 0. The molecule has 13 heavy (non-hydrogen) atoms. The van der Waals surface area contributed by atoms with Crippen molar-refractivity contribution in [1.29, 1.82) is 5.26 Å². The molecule has 2 nitrogen and oxygen atoms in total. The van der Waals surface area contributed by atoms with Crippen molar-refractivity contribution in [3.63, 3.8) is 0 Å². The number of rotatable bonds is 2. The molecule has 0 aliphatic heterocycles. The lowest BCUT2D eigenvalue weighted by molar-refractivity contribution is 0.108. The molecule has 0 atom stereocenters. The minimum absolute atomic E-state index is 0.412. The van der Waals surface area contributed by atoms with Crippen molar-refractivity contribution in [2.24, 2.45) is 0 Å². The molecule has 0 N–H and O–H groups in total. The average molecular weight is 259 g/mol. The Morgan fingerprint density at radius 2 is 2.31 bits per heavy atom. The standard InChI is InChI=1S/C9H5BrClNO/c10-4-8-3-6(9(11)13)1-2-7(8)5-12/h1-3H,4H2. The first-order chi connectivity index (χ1) is 6.19. The summed E-state index contributed by atoms with van der Waals surface area (Å²) in [5.41, 5.74) is 1.74. The number of carbonyl (C=O) groups excluding carboxylic acids is 1. The van der Waals surface area contributed by atoms with E-state index in [1.165, 1.54) is 0 Å². The largest absolute Gasteiger partial charge is 0.276 e. The molecule has 0 aliphatic carbocycles. The molecular weight excluding hydrogens is 253 g/mol. The van der Waals surface area contributed by atoms with E-state index in [1.807, 2.05) is 6.07 Å². The number of hydrogen-bond donors (Lipinski definition) is 0. The van der Waals surface area contributed by atoms with Gasteiger partial charge in [-0.3, -0.25) is 4.79 Å². The predicted octanol–water partition coefficient (Wildman–Crippen LogP) is 2.83. The Hall–Kier alpha value is -0.850. The van der Waals surface area contributed by atoms with E-state index < -0.39 is 5.24 Å². The molecule has 1 aromatic carbocycles.